The second kappa shape index (κ2) is 4.23. The van der Waals surface area contributed by atoms with Crippen molar-refractivity contribution in [3.63, 3.8) is 0 Å². The first-order chi connectivity index (χ1) is 8.67. The predicted octanol–water partition coefficient (Wildman–Crippen LogP) is 3.58. The van der Waals surface area contributed by atoms with Crippen LogP contribution in [0.2, 0.25) is 0 Å². The Morgan fingerprint density at radius 1 is 1.44 bits per heavy atom. The smallest absolute Gasteiger partial charge is 0.179 e. The molecular weight excluding hydrogens is 244 g/mol. The quantitative estimate of drug-likeness (QED) is 0.857. The second-order valence-electron chi connectivity index (χ2n) is 5.25. The summed E-state index contributed by atoms with van der Waals surface area (Å²) in [6.45, 7) is 7.31. The Bertz CT molecular complexity index is 633. The summed E-state index contributed by atoms with van der Waals surface area (Å²) >= 11 is 5.49. The van der Waals surface area contributed by atoms with Crippen molar-refractivity contribution in [2.45, 2.75) is 52.6 Å². The van der Waals surface area contributed by atoms with Crippen molar-refractivity contribution in [1.82, 2.24) is 19.3 Å². The predicted molar refractivity (Wildman–Crippen MR) is 75.4 cm³/mol. The molecule has 2 unspecified atom stereocenters. The van der Waals surface area contributed by atoms with Gasteiger partial charge < -0.3 is 4.98 Å². The zero-order chi connectivity index (χ0) is 12.9. The summed E-state index contributed by atoms with van der Waals surface area (Å²) in [7, 11) is 0. The van der Waals surface area contributed by atoms with Gasteiger partial charge in [-0.1, -0.05) is 13.3 Å². The largest absolute Gasteiger partial charge is 0.328 e. The van der Waals surface area contributed by atoms with Gasteiger partial charge in [0, 0.05) is 12.6 Å². The van der Waals surface area contributed by atoms with Crippen LogP contribution in [0.15, 0.2) is 0 Å². The minimum absolute atomic E-state index is 0.590. The maximum absolute atomic E-state index is 5.49. The molecule has 0 amide bonds. The van der Waals surface area contributed by atoms with Gasteiger partial charge >= 0.3 is 0 Å². The fourth-order valence-corrected chi connectivity index (χ4v) is 3.30. The van der Waals surface area contributed by atoms with Crippen LogP contribution in [0.5, 0.6) is 0 Å². The van der Waals surface area contributed by atoms with Crippen molar-refractivity contribution in [3.05, 3.63) is 10.5 Å². The third-order valence-electron chi connectivity index (χ3n) is 3.96. The van der Waals surface area contributed by atoms with Gasteiger partial charge in [-0.3, -0.25) is 4.57 Å². The van der Waals surface area contributed by atoms with E-state index in [2.05, 4.69) is 33.2 Å². The molecule has 4 nitrogen and oxygen atoms in total. The number of fused-ring (bicyclic) bond motifs is 1. The van der Waals surface area contributed by atoms with E-state index in [1.54, 1.807) is 0 Å². The number of nitrogens with one attached hydrogen (secondary N) is 1. The molecule has 0 bridgehead atoms. The fraction of sp³-hybridized carbons (Fsp3) is 0.692. The molecule has 98 valence electrons. The molecule has 0 spiro atoms. The average Bonchev–Trinajstić information content (AvgIpc) is 2.90. The lowest BCUT2D eigenvalue weighted by molar-refractivity contribution is 0.586. The molecule has 1 aliphatic carbocycles. The van der Waals surface area contributed by atoms with Gasteiger partial charge in [-0.05, 0) is 44.8 Å². The van der Waals surface area contributed by atoms with E-state index in [1.807, 2.05) is 6.92 Å². The van der Waals surface area contributed by atoms with Crippen LogP contribution >= 0.6 is 12.2 Å². The minimum atomic E-state index is 0.590. The van der Waals surface area contributed by atoms with Gasteiger partial charge in [0.25, 0.3) is 0 Å². The summed E-state index contributed by atoms with van der Waals surface area (Å²) < 4.78 is 5.23. The zero-order valence-electron chi connectivity index (χ0n) is 11.2. The van der Waals surface area contributed by atoms with Crippen molar-refractivity contribution in [3.8, 4) is 0 Å². The first-order valence-electron chi connectivity index (χ1n) is 6.85. The third kappa shape index (κ3) is 1.64. The first kappa shape index (κ1) is 12.0. The van der Waals surface area contributed by atoms with E-state index in [4.69, 9.17) is 12.2 Å². The first-order valence-corrected chi connectivity index (χ1v) is 7.25. The third-order valence-corrected chi connectivity index (χ3v) is 4.25. The van der Waals surface area contributed by atoms with Gasteiger partial charge in [-0.2, -0.15) is 5.10 Å². The molecule has 1 N–H and O–H groups in total. The molecule has 0 radical (unpaired) electrons. The van der Waals surface area contributed by atoms with Gasteiger partial charge in [0.05, 0.1) is 5.69 Å². The summed E-state index contributed by atoms with van der Waals surface area (Å²) in [6, 6.07) is 0.590. The standard InChI is InChI=1S/C13H20N4S/c1-4-6-9-7-10(9)17-12-11(14-13(17)18)8(3)15-16(12)5-2/h9-10H,4-7H2,1-3H3,(H,14,18). The summed E-state index contributed by atoms with van der Waals surface area (Å²) in [5.74, 6) is 0.807. The second-order valence-corrected chi connectivity index (χ2v) is 5.64. The summed E-state index contributed by atoms with van der Waals surface area (Å²) in [4.78, 5) is 3.33. The number of hydrogen-bond donors (Lipinski definition) is 1. The lowest BCUT2D eigenvalue weighted by Crippen LogP contribution is -2.05. The van der Waals surface area contributed by atoms with E-state index in [0.717, 1.165) is 28.4 Å². The van der Waals surface area contributed by atoms with Crippen molar-refractivity contribution in [2.24, 2.45) is 5.92 Å². The van der Waals surface area contributed by atoms with E-state index in [0.29, 0.717) is 6.04 Å². The van der Waals surface area contributed by atoms with E-state index in [-0.39, 0.29) is 0 Å². The number of aromatic amines is 1. The maximum atomic E-state index is 5.49. The fourth-order valence-electron chi connectivity index (χ4n) is 2.98. The summed E-state index contributed by atoms with van der Waals surface area (Å²) in [5, 5.41) is 4.57. The van der Waals surface area contributed by atoms with Crippen molar-refractivity contribution < 1.29 is 0 Å². The molecule has 2 atom stereocenters. The van der Waals surface area contributed by atoms with Crippen LogP contribution in [0.1, 0.15) is 44.8 Å². The van der Waals surface area contributed by atoms with Crippen LogP contribution in [0.3, 0.4) is 0 Å². The van der Waals surface area contributed by atoms with Crippen molar-refractivity contribution >= 4 is 23.4 Å². The molecule has 2 heterocycles. The number of hydrogen-bond acceptors (Lipinski definition) is 2. The minimum Gasteiger partial charge on any atom is -0.328 e. The van der Waals surface area contributed by atoms with E-state index in [9.17, 15) is 0 Å². The number of aromatic nitrogens is 4. The van der Waals surface area contributed by atoms with Crippen molar-refractivity contribution in [2.75, 3.05) is 0 Å². The van der Waals surface area contributed by atoms with Crippen LogP contribution in [0, 0.1) is 17.6 Å². The van der Waals surface area contributed by atoms with Gasteiger partial charge in [-0.25, -0.2) is 4.68 Å². The van der Waals surface area contributed by atoms with Crippen LogP contribution in [0.4, 0.5) is 0 Å². The van der Waals surface area contributed by atoms with Crippen LogP contribution < -0.4 is 0 Å². The Kier molecular flexibility index (Phi) is 2.81. The Hall–Kier alpha value is -1.10. The SMILES string of the molecule is CCCC1CC1n1c(=S)[nH]c2c(C)nn(CC)c21. The zero-order valence-corrected chi connectivity index (χ0v) is 12.0. The van der Waals surface area contributed by atoms with E-state index >= 15 is 0 Å². The molecule has 2 aromatic heterocycles. The van der Waals surface area contributed by atoms with E-state index < -0.39 is 0 Å². The maximum Gasteiger partial charge on any atom is 0.179 e. The number of nitrogens with zero attached hydrogens (tertiary/aromatic N) is 3. The van der Waals surface area contributed by atoms with Gasteiger partial charge in [0.1, 0.15) is 5.52 Å². The number of H-pyrrole nitrogens is 1. The molecule has 1 fully saturated rings. The van der Waals surface area contributed by atoms with Crippen LogP contribution in [0.25, 0.3) is 11.2 Å². The topological polar surface area (TPSA) is 38.5 Å². The Balaban J connectivity index is 2.11. The number of rotatable bonds is 4. The molecule has 1 saturated carbocycles. The molecule has 1 aliphatic rings. The van der Waals surface area contributed by atoms with Crippen LogP contribution in [-0.4, -0.2) is 19.3 Å². The molecule has 18 heavy (non-hydrogen) atoms. The Labute approximate surface area is 112 Å². The molecule has 0 aliphatic heterocycles. The highest BCUT2D eigenvalue weighted by molar-refractivity contribution is 7.71. The highest BCUT2D eigenvalue weighted by Gasteiger charge is 2.39. The number of aryl methyl sites for hydroxylation is 2. The molecule has 0 saturated heterocycles. The van der Waals surface area contributed by atoms with Gasteiger partial charge in [-0.15, -0.1) is 0 Å². The summed E-state index contributed by atoms with van der Waals surface area (Å²) in [5.41, 5.74) is 3.34. The highest BCUT2D eigenvalue weighted by atomic mass is 32.1. The molecule has 3 rings (SSSR count). The Morgan fingerprint density at radius 2 is 2.22 bits per heavy atom. The molecule has 5 heteroatoms. The monoisotopic (exact) mass is 264 g/mol. The molecule has 0 aromatic carbocycles. The van der Waals surface area contributed by atoms with Crippen molar-refractivity contribution in [1.29, 1.82) is 0 Å². The van der Waals surface area contributed by atoms with Gasteiger partial charge in [0.2, 0.25) is 0 Å². The average molecular weight is 264 g/mol. The van der Waals surface area contributed by atoms with Crippen LogP contribution in [-0.2, 0) is 6.54 Å². The molecular formula is C13H20N4S. The van der Waals surface area contributed by atoms with Gasteiger partial charge in [0.15, 0.2) is 10.4 Å². The van der Waals surface area contributed by atoms with E-state index in [1.165, 1.54) is 24.9 Å². The molecule has 2 aromatic rings. The normalized spacial score (nSPS) is 22.8. The lowest BCUT2D eigenvalue weighted by atomic mass is 10.2. The highest BCUT2D eigenvalue weighted by Crippen LogP contribution is 2.47. The summed E-state index contributed by atoms with van der Waals surface area (Å²) in [6.07, 6.45) is 3.83. The Morgan fingerprint density at radius 3 is 2.89 bits per heavy atom. The number of imidazole rings is 1. The lowest BCUT2D eigenvalue weighted by Gasteiger charge is -2.05.